The summed E-state index contributed by atoms with van der Waals surface area (Å²) in [4.78, 5) is 5.55. The Morgan fingerprint density at radius 1 is 1.18 bits per heavy atom. The number of ether oxygens (including phenoxy) is 1. The van der Waals surface area contributed by atoms with Gasteiger partial charge in [-0.2, -0.15) is 13.2 Å². The number of nitrogens with zero attached hydrogens (tertiary/aromatic N) is 2. The van der Waals surface area contributed by atoms with Crippen molar-refractivity contribution < 1.29 is 17.9 Å². The van der Waals surface area contributed by atoms with Crippen molar-refractivity contribution in [2.75, 3.05) is 6.61 Å². The summed E-state index contributed by atoms with van der Waals surface area (Å²) in [6.07, 6.45) is -2.36. The first-order chi connectivity index (χ1) is 13.4. The van der Waals surface area contributed by atoms with Crippen LogP contribution in [0, 0.1) is 0 Å². The van der Waals surface area contributed by atoms with E-state index in [4.69, 9.17) is 16.3 Å². The quantitative estimate of drug-likeness (QED) is 0.456. The zero-order valence-electron chi connectivity index (χ0n) is 14.9. The van der Waals surface area contributed by atoms with E-state index >= 15 is 0 Å². The molecule has 1 aliphatic heterocycles. The molecule has 3 aromatic rings. The van der Waals surface area contributed by atoms with Crippen LogP contribution in [0.25, 0.3) is 11.0 Å². The van der Waals surface area contributed by atoms with Gasteiger partial charge in [-0.05, 0) is 55.3 Å². The van der Waals surface area contributed by atoms with Crippen molar-refractivity contribution in [2.24, 2.45) is 0 Å². The van der Waals surface area contributed by atoms with Crippen molar-refractivity contribution in [1.29, 1.82) is 0 Å². The molecule has 4 rings (SSSR count). The summed E-state index contributed by atoms with van der Waals surface area (Å²) < 4.78 is 47.0. The van der Waals surface area contributed by atoms with Crippen LogP contribution in [0.2, 0.25) is 5.02 Å². The number of hydrogen-bond donors (Lipinski definition) is 0. The number of aromatic nitrogens is 2. The molecule has 28 heavy (non-hydrogen) atoms. The second-order valence-electron chi connectivity index (χ2n) is 6.72. The molecule has 3 nitrogen and oxygen atoms in total. The van der Waals surface area contributed by atoms with E-state index in [9.17, 15) is 13.2 Å². The number of hydrogen-bond acceptors (Lipinski definition) is 3. The minimum Gasteiger partial charge on any atom is -0.376 e. The number of benzene rings is 2. The molecule has 1 atom stereocenters. The van der Waals surface area contributed by atoms with E-state index in [1.54, 1.807) is 11.8 Å². The van der Waals surface area contributed by atoms with Crippen LogP contribution in [-0.4, -0.2) is 22.3 Å². The maximum absolute atomic E-state index is 13.1. The smallest absolute Gasteiger partial charge is 0.376 e. The molecule has 2 heterocycles. The molecule has 0 radical (unpaired) electrons. The molecule has 1 aliphatic rings. The van der Waals surface area contributed by atoms with Crippen LogP contribution < -0.4 is 0 Å². The van der Waals surface area contributed by atoms with Gasteiger partial charge < -0.3 is 9.30 Å². The maximum atomic E-state index is 13.1. The highest BCUT2D eigenvalue weighted by Crippen LogP contribution is 2.33. The average Bonchev–Trinajstić information content (AvgIpc) is 3.29. The van der Waals surface area contributed by atoms with Crippen LogP contribution in [0.1, 0.15) is 24.2 Å². The molecular formula is C20H18ClF3N2OS. The van der Waals surface area contributed by atoms with Crippen LogP contribution in [0.5, 0.6) is 0 Å². The first-order valence-corrected chi connectivity index (χ1v) is 10.3. The predicted octanol–water partition coefficient (Wildman–Crippen LogP) is 6.18. The molecule has 2 aromatic carbocycles. The van der Waals surface area contributed by atoms with Gasteiger partial charge in [-0.25, -0.2) is 4.98 Å². The summed E-state index contributed by atoms with van der Waals surface area (Å²) in [5.41, 5.74) is 0.383. The summed E-state index contributed by atoms with van der Waals surface area (Å²) >= 11 is 7.50. The number of imidazole rings is 1. The van der Waals surface area contributed by atoms with Crippen molar-refractivity contribution in [3.05, 3.63) is 58.9 Å². The Morgan fingerprint density at radius 3 is 2.64 bits per heavy atom. The molecule has 0 saturated carbocycles. The van der Waals surface area contributed by atoms with E-state index in [0.29, 0.717) is 28.4 Å². The van der Waals surface area contributed by atoms with Crippen LogP contribution in [-0.2, 0) is 23.2 Å². The van der Waals surface area contributed by atoms with Gasteiger partial charge in [0.25, 0.3) is 0 Å². The predicted molar refractivity (Wildman–Crippen MR) is 105 cm³/mol. The minimum absolute atomic E-state index is 0.0685. The Hall–Kier alpha value is -1.70. The largest absolute Gasteiger partial charge is 0.416 e. The molecular weight excluding hydrogens is 409 g/mol. The molecule has 0 spiro atoms. The Morgan fingerprint density at radius 2 is 1.96 bits per heavy atom. The zero-order valence-corrected chi connectivity index (χ0v) is 16.4. The SMILES string of the molecule is FC(F)(F)c1ccc2c(c1)nc(CSc1ccc(Cl)cc1)n2CC1CCCO1. The number of fused-ring (bicyclic) bond motifs is 1. The summed E-state index contributed by atoms with van der Waals surface area (Å²) in [6, 6.07) is 11.2. The second kappa shape index (κ2) is 7.97. The first-order valence-electron chi connectivity index (χ1n) is 8.96. The molecule has 0 N–H and O–H groups in total. The molecule has 0 bridgehead atoms. The number of thioether (sulfide) groups is 1. The lowest BCUT2D eigenvalue weighted by atomic mass is 10.2. The van der Waals surface area contributed by atoms with E-state index in [1.165, 1.54) is 6.07 Å². The standard InChI is InChI=1S/C20H18ClF3N2OS/c21-14-4-6-16(7-5-14)28-12-19-25-17-10-13(20(22,23)24)3-8-18(17)26(19)11-15-2-1-9-27-15/h3-8,10,15H,1-2,9,11-12H2. The molecule has 1 unspecified atom stereocenters. The Balaban J connectivity index is 1.66. The van der Waals surface area contributed by atoms with Gasteiger partial charge in [0.2, 0.25) is 0 Å². The summed E-state index contributed by atoms with van der Waals surface area (Å²) in [5, 5.41) is 0.662. The fourth-order valence-electron chi connectivity index (χ4n) is 3.34. The normalized spacial score (nSPS) is 17.5. The Labute approximate surface area is 169 Å². The highest BCUT2D eigenvalue weighted by molar-refractivity contribution is 7.98. The zero-order chi connectivity index (χ0) is 19.7. The van der Waals surface area contributed by atoms with Crippen LogP contribution >= 0.6 is 23.4 Å². The molecule has 0 aliphatic carbocycles. The summed E-state index contributed by atoms with van der Waals surface area (Å²) in [5.74, 6) is 1.29. The second-order valence-corrected chi connectivity index (χ2v) is 8.20. The van der Waals surface area contributed by atoms with Crippen molar-refractivity contribution in [1.82, 2.24) is 9.55 Å². The minimum atomic E-state index is -4.38. The lowest BCUT2D eigenvalue weighted by molar-refractivity contribution is -0.137. The topological polar surface area (TPSA) is 27.1 Å². The van der Waals surface area contributed by atoms with E-state index in [2.05, 4.69) is 4.98 Å². The van der Waals surface area contributed by atoms with Gasteiger partial charge in [0.15, 0.2) is 0 Å². The van der Waals surface area contributed by atoms with Crippen molar-refractivity contribution >= 4 is 34.4 Å². The monoisotopic (exact) mass is 426 g/mol. The first kappa shape index (κ1) is 19.6. The van der Waals surface area contributed by atoms with E-state index < -0.39 is 11.7 Å². The van der Waals surface area contributed by atoms with E-state index in [0.717, 1.165) is 42.3 Å². The van der Waals surface area contributed by atoms with Gasteiger partial charge >= 0.3 is 6.18 Å². The highest BCUT2D eigenvalue weighted by Gasteiger charge is 2.31. The van der Waals surface area contributed by atoms with Gasteiger partial charge in [-0.1, -0.05) is 11.6 Å². The van der Waals surface area contributed by atoms with Gasteiger partial charge in [0, 0.05) is 16.5 Å². The van der Waals surface area contributed by atoms with Gasteiger partial charge in [0.1, 0.15) is 5.82 Å². The molecule has 0 amide bonds. The van der Waals surface area contributed by atoms with Crippen LogP contribution in [0.4, 0.5) is 13.2 Å². The van der Waals surface area contributed by atoms with E-state index in [1.807, 2.05) is 28.8 Å². The third-order valence-corrected chi connectivity index (χ3v) is 6.01. The highest BCUT2D eigenvalue weighted by atomic mass is 35.5. The third-order valence-electron chi connectivity index (χ3n) is 4.75. The molecule has 148 valence electrons. The number of halogens is 4. The maximum Gasteiger partial charge on any atom is 0.416 e. The third kappa shape index (κ3) is 4.31. The number of alkyl halides is 3. The Kier molecular flexibility index (Phi) is 5.58. The molecule has 1 aromatic heterocycles. The van der Waals surface area contributed by atoms with E-state index in [-0.39, 0.29) is 6.10 Å². The molecule has 1 saturated heterocycles. The Bertz CT molecular complexity index is 966. The molecule has 8 heteroatoms. The lowest BCUT2D eigenvalue weighted by Gasteiger charge is -2.14. The average molecular weight is 427 g/mol. The lowest BCUT2D eigenvalue weighted by Crippen LogP contribution is -2.16. The molecule has 1 fully saturated rings. The van der Waals surface area contributed by atoms with Crippen molar-refractivity contribution in [2.45, 2.75) is 42.3 Å². The fourth-order valence-corrected chi connectivity index (χ4v) is 4.31. The number of rotatable bonds is 5. The van der Waals surface area contributed by atoms with Crippen LogP contribution in [0.3, 0.4) is 0 Å². The van der Waals surface area contributed by atoms with Crippen molar-refractivity contribution in [3.8, 4) is 0 Å². The van der Waals surface area contributed by atoms with Crippen LogP contribution in [0.15, 0.2) is 47.4 Å². The van der Waals surface area contributed by atoms with Gasteiger partial charge in [-0.15, -0.1) is 11.8 Å². The van der Waals surface area contributed by atoms with Gasteiger partial charge in [-0.3, -0.25) is 0 Å². The summed E-state index contributed by atoms with van der Waals surface area (Å²) in [7, 11) is 0. The fraction of sp³-hybridized carbons (Fsp3) is 0.350. The summed E-state index contributed by atoms with van der Waals surface area (Å²) in [6.45, 7) is 1.32. The van der Waals surface area contributed by atoms with Gasteiger partial charge in [0.05, 0.1) is 35.0 Å². The van der Waals surface area contributed by atoms with Crippen molar-refractivity contribution in [3.63, 3.8) is 0 Å².